The number of hydrogen-bond donors (Lipinski definition) is 1. The van der Waals surface area contributed by atoms with Crippen molar-refractivity contribution in [3.05, 3.63) is 0 Å². The Kier molecular flexibility index (Phi) is 5.06. The summed E-state index contributed by atoms with van der Waals surface area (Å²) in [5, 5.41) is 8.39. The number of nitriles is 1. The number of carbonyl (C=O) groups excluding carboxylic acids is 1. The summed E-state index contributed by atoms with van der Waals surface area (Å²) in [5.41, 5.74) is 4.98. The summed E-state index contributed by atoms with van der Waals surface area (Å²) in [7, 11) is 1.88. The number of nitrogens with zero attached hydrogens (tertiary/aromatic N) is 2. The van der Waals surface area contributed by atoms with E-state index >= 15 is 0 Å². The van der Waals surface area contributed by atoms with E-state index in [-0.39, 0.29) is 11.9 Å². The molecule has 4 nitrogen and oxygen atoms in total. The van der Waals surface area contributed by atoms with Crippen molar-refractivity contribution in [1.29, 1.82) is 5.26 Å². The Bertz CT molecular complexity index is 185. The number of amides is 1. The molecule has 0 radical (unpaired) electrons. The second-order valence-electron chi connectivity index (χ2n) is 2.91. The molecule has 0 rings (SSSR count). The van der Waals surface area contributed by atoms with Gasteiger partial charge in [-0.3, -0.25) is 4.79 Å². The minimum absolute atomic E-state index is 0.189. The zero-order chi connectivity index (χ0) is 9.56. The van der Waals surface area contributed by atoms with E-state index in [0.29, 0.717) is 19.4 Å². The number of hydrogen-bond acceptors (Lipinski definition) is 3. The topological polar surface area (TPSA) is 70.1 Å². The van der Waals surface area contributed by atoms with Gasteiger partial charge < -0.3 is 10.6 Å². The Morgan fingerprint density at radius 1 is 1.75 bits per heavy atom. The van der Waals surface area contributed by atoms with Crippen LogP contribution in [0, 0.1) is 11.3 Å². The van der Waals surface area contributed by atoms with Crippen LogP contribution in [-0.2, 0) is 4.79 Å². The third-order valence-corrected chi connectivity index (χ3v) is 1.85. The van der Waals surface area contributed by atoms with Gasteiger partial charge in [0, 0.05) is 19.0 Å². The molecule has 0 aliphatic carbocycles. The van der Waals surface area contributed by atoms with Gasteiger partial charge in [0.2, 0.25) is 5.91 Å². The summed E-state index contributed by atoms with van der Waals surface area (Å²) in [6.45, 7) is 2.57. The van der Waals surface area contributed by atoms with Crippen molar-refractivity contribution in [3.63, 3.8) is 0 Å². The van der Waals surface area contributed by atoms with Crippen LogP contribution >= 0.6 is 0 Å². The molecule has 12 heavy (non-hydrogen) atoms. The van der Waals surface area contributed by atoms with Crippen LogP contribution in [0.4, 0.5) is 0 Å². The molecule has 0 aromatic heterocycles. The van der Waals surface area contributed by atoms with E-state index in [2.05, 4.69) is 6.07 Å². The molecule has 0 heterocycles. The highest BCUT2D eigenvalue weighted by atomic mass is 16.1. The predicted octanol–water partition coefficient (Wildman–Crippen LogP) is 0.0958. The Labute approximate surface area is 72.9 Å². The van der Waals surface area contributed by atoms with E-state index in [0.717, 1.165) is 0 Å². The highest BCUT2D eigenvalue weighted by Gasteiger charge is 2.08. The molecule has 0 aromatic carbocycles. The number of nitrogens with two attached hydrogens (primary N) is 1. The first-order valence-corrected chi connectivity index (χ1v) is 3.93. The molecule has 2 N–H and O–H groups in total. The van der Waals surface area contributed by atoms with Crippen molar-refractivity contribution >= 4 is 5.91 Å². The number of carbonyl (C=O) groups is 1. The lowest BCUT2D eigenvalue weighted by Gasteiger charge is -2.21. The quantitative estimate of drug-likeness (QED) is 0.634. The molecule has 0 spiro atoms. The third kappa shape index (κ3) is 4.69. The van der Waals surface area contributed by atoms with Crippen LogP contribution in [0.2, 0.25) is 0 Å². The molecule has 4 heteroatoms. The van der Waals surface area contributed by atoms with Crippen molar-refractivity contribution in [1.82, 2.24) is 4.90 Å². The summed E-state index contributed by atoms with van der Waals surface area (Å²) in [4.78, 5) is 12.4. The van der Waals surface area contributed by atoms with Gasteiger partial charge in [0.05, 0.1) is 12.5 Å². The van der Waals surface area contributed by atoms with Crippen LogP contribution in [0.15, 0.2) is 0 Å². The molecule has 0 aliphatic rings. The Balaban J connectivity index is 3.64. The molecule has 68 valence electrons. The normalized spacial score (nSPS) is 12.5. The maximum absolute atomic E-state index is 10.4. The van der Waals surface area contributed by atoms with E-state index < -0.39 is 0 Å². The van der Waals surface area contributed by atoms with Gasteiger partial charge in [-0.25, -0.2) is 0 Å². The van der Waals surface area contributed by atoms with Crippen LogP contribution in [0.3, 0.4) is 0 Å². The van der Waals surface area contributed by atoms with E-state index in [4.69, 9.17) is 11.0 Å². The van der Waals surface area contributed by atoms with Gasteiger partial charge in [0.15, 0.2) is 0 Å². The summed E-state index contributed by atoms with van der Waals surface area (Å²) in [6.07, 6.45) is 0.835. The number of rotatable bonds is 5. The Morgan fingerprint density at radius 3 is 2.75 bits per heavy atom. The predicted molar refractivity (Wildman–Crippen MR) is 46.1 cm³/mol. The molecule has 0 fully saturated rings. The Morgan fingerprint density at radius 2 is 2.33 bits per heavy atom. The maximum Gasteiger partial charge on any atom is 0.218 e. The van der Waals surface area contributed by atoms with Gasteiger partial charge >= 0.3 is 0 Å². The van der Waals surface area contributed by atoms with Gasteiger partial charge in [-0.1, -0.05) is 0 Å². The zero-order valence-electron chi connectivity index (χ0n) is 7.58. The minimum Gasteiger partial charge on any atom is -0.370 e. The standard InChI is InChI=1S/C8H15N3O/c1-7(3-5-9)11(2)6-4-8(10)12/h7H,3-4,6H2,1-2H3,(H2,10,12). The van der Waals surface area contributed by atoms with Crippen LogP contribution in [0.1, 0.15) is 19.8 Å². The Hall–Kier alpha value is -1.08. The molecule has 0 aliphatic heterocycles. The zero-order valence-corrected chi connectivity index (χ0v) is 7.58. The summed E-state index contributed by atoms with van der Waals surface area (Å²) in [6, 6.07) is 2.27. The molecule has 1 unspecified atom stereocenters. The minimum atomic E-state index is -0.300. The molecule has 0 saturated carbocycles. The van der Waals surface area contributed by atoms with Crippen molar-refractivity contribution in [3.8, 4) is 6.07 Å². The summed E-state index contributed by atoms with van der Waals surface area (Å²) >= 11 is 0. The van der Waals surface area contributed by atoms with Gasteiger partial charge in [-0.2, -0.15) is 5.26 Å². The van der Waals surface area contributed by atoms with Gasteiger partial charge in [-0.15, -0.1) is 0 Å². The van der Waals surface area contributed by atoms with Gasteiger partial charge in [-0.05, 0) is 14.0 Å². The lowest BCUT2D eigenvalue weighted by atomic mass is 10.2. The van der Waals surface area contributed by atoms with Gasteiger partial charge in [0.1, 0.15) is 0 Å². The largest absolute Gasteiger partial charge is 0.370 e. The molecule has 0 saturated heterocycles. The molecule has 0 aromatic rings. The van der Waals surface area contributed by atoms with Crippen LogP contribution in [0.25, 0.3) is 0 Å². The lowest BCUT2D eigenvalue weighted by molar-refractivity contribution is -0.118. The van der Waals surface area contributed by atoms with E-state index in [1.54, 1.807) is 0 Å². The molecular formula is C8H15N3O. The van der Waals surface area contributed by atoms with Crippen LogP contribution in [-0.4, -0.2) is 30.4 Å². The lowest BCUT2D eigenvalue weighted by Crippen LogP contribution is -2.31. The SMILES string of the molecule is CC(CC#N)N(C)CCC(N)=O. The van der Waals surface area contributed by atoms with Gasteiger partial charge in [0.25, 0.3) is 0 Å². The highest BCUT2D eigenvalue weighted by molar-refractivity contribution is 5.73. The second-order valence-corrected chi connectivity index (χ2v) is 2.91. The molecular weight excluding hydrogens is 154 g/mol. The first kappa shape index (κ1) is 10.9. The van der Waals surface area contributed by atoms with Crippen molar-refractivity contribution < 1.29 is 4.79 Å². The van der Waals surface area contributed by atoms with E-state index in [1.165, 1.54) is 0 Å². The first-order valence-electron chi connectivity index (χ1n) is 3.93. The molecule has 1 atom stereocenters. The van der Waals surface area contributed by atoms with Crippen molar-refractivity contribution in [2.75, 3.05) is 13.6 Å². The molecule has 1 amide bonds. The summed E-state index contributed by atoms with van der Waals surface area (Å²) in [5.74, 6) is -0.300. The highest BCUT2D eigenvalue weighted by Crippen LogP contribution is 1.99. The third-order valence-electron chi connectivity index (χ3n) is 1.85. The fourth-order valence-electron chi connectivity index (χ4n) is 0.795. The maximum atomic E-state index is 10.4. The van der Waals surface area contributed by atoms with Crippen molar-refractivity contribution in [2.24, 2.45) is 5.73 Å². The van der Waals surface area contributed by atoms with E-state index in [9.17, 15) is 4.79 Å². The average molecular weight is 169 g/mol. The fourth-order valence-corrected chi connectivity index (χ4v) is 0.795. The smallest absolute Gasteiger partial charge is 0.218 e. The average Bonchev–Trinajstić information content (AvgIpc) is 2.00. The van der Waals surface area contributed by atoms with E-state index in [1.807, 2.05) is 18.9 Å². The number of primary amides is 1. The monoisotopic (exact) mass is 169 g/mol. The second kappa shape index (κ2) is 5.56. The fraction of sp³-hybridized carbons (Fsp3) is 0.750. The van der Waals surface area contributed by atoms with Crippen molar-refractivity contribution in [2.45, 2.75) is 25.8 Å². The molecule has 0 bridgehead atoms. The summed E-state index contributed by atoms with van der Waals surface area (Å²) < 4.78 is 0. The van der Waals surface area contributed by atoms with Crippen LogP contribution in [0.5, 0.6) is 0 Å². The first-order chi connectivity index (χ1) is 5.57. The van der Waals surface area contributed by atoms with Crippen LogP contribution < -0.4 is 5.73 Å².